The third kappa shape index (κ3) is 3.66. The minimum absolute atomic E-state index is 0.0475. The van der Waals surface area contributed by atoms with Crippen molar-refractivity contribution in [3.05, 3.63) is 47.3 Å². The molecule has 2 atom stereocenters. The van der Waals surface area contributed by atoms with E-state index in [0.29, 0.717) is 0 Å². The quantitative estimate of drug-likeness (QED) is 0.777. The molecule has 1 aromatic carbocycles. The molecule has 128 valence electrons. The number of aromatic nitrogens is 2. The zero-order valence-corrected chi connectivity index (χ0v) is 14.1. The van der Waals surface area contributed by atoms with Gasteiger partial charge in [0.05, 0.1) is 12.7 Å². The van der Waals surface area contributed by atoms with Crippen LogP contribution in [0, 0.1) is 0 Å². The zero-order chi connectivity index (χ0) is 17.1. The molecule has 1 aliphatic heterocycles. The van der Waals surface area contributed by atoms with E-state index in [1.54, 1.807) is 13.3 Å². The van der Waals surface area contributed by atoms with E-state index in [4.69, 9.17) is 5.11 Å². The smallest absolute Gasteiger partial charge is 0.134 e. The lowest BCUT2D eigenvalue weighted by atomic mass is 9.96. The molecule has 0 amide bonds. The maximum absolute atomic E-state index is 9.73. The number of aliphatic hydroxyl groups excluding tert-OH is 2. The Hall–Kier alpha value is -2.18. The van der Waals surface area contributed by atoms with Gasteiger partial charge in [-0.1, -0.05) is 18.2 Å². The molecule has 3 rings (SSSR count). The van der Waals surface area contributed by atoms with E-state index in [9.17, 15) is 5.11 Å². The van der Waals surface area contributed by atoms with Crippen LogP contribution in [0.25, 0.3) is 0 Å². The summed E-state index contributed by atoms with van der Waals surface area (Å²) in [6.45, 7) is 5.42. The van der Waals surface area contributed by atoms with Crippen molar-refractivity contribution in [1.29, 1.82) is 0 Å². The first kappa shape index (κ1) is 16.7. The summed E-state index contributed by atoms with van der Waals surface area (Å²) in [6, 6.07) is 8.06. The molecule has 6 nitrogen and oxygen atoms in total. The number of anilines is 2. The first-order chi connectivity index (χ1) is 11.6. The number of fused-ring (bicyclic) bond motifs is 1. The lowest BCUT2D eigenvalue weighted by molar-refractivity contribution is 0.199. The highest BCUT2D eigenvalue weighted by Crippen LogP contribution is 2.26. The number of benzene rings is 1. The highest BCUT2D eigenvalue weighted by atomic mass is 16.3. The highest BCUT2D eigenvalue weighted by Gasteiger charge is 2.19. The van der Waals surface area contributed by atoms with Gasteiger partial charge < -0.3 is 20.4 Å². The molecule has 1 aromatic heterocycles. The van der Waals surface area contributed by atoms with Gasteiger partial charge in [0.1, 0.15) is 18.0 Å². The molecule has 2 heterocycles. The van der Waals surface area contributed by atoms with E-state index in [1.165, 1.54) is 11.1 Å². The van der Waals surface area contributed by atoms with Crippen molar-refractivity contribution in [2.75, 3.05) is 23.4 Å². The van der Waals surface area contributed by atoms with Crippen molar-refractivity contribution in [1.82, 2.24) is 9.97 Å². The van der Waals surface area contributed by atoms with Gasteiger partial charge in [-0.25, -0.2) is 9.97 Å². The van der Waals surface area contributed by atoms with Crippen molar-refractivity contribution >= 4 is 11.6 Å². The van der Waals surface area contributed by atoms with Crippen molar-refractivity contribution in [2.45, 2.75) is 39.0 Å². The van der Waals surface area contributed by atoms with Gasteiger partial charge in [0.15, 0.2) is 0 Å². The summed E-state index contributed by atoms with van der Waals surface area (Å²) >= 11 is 0. The van der Waals surface area contributed by atoms with Crippen LogP contribution in [0.5, 0.6) is 0 Å². The molecule has 1 aliphatic rings. The van der Waals surface area contributed by atoms with Crippen LogP contribution in [0.2, 0.25) is 0 Å². The summed E-state index contributed by atoms with van der Waals surface area (Å²) in [5.74, 6) is 1.60. The van der Waals surface area contributed by atoms with E-state index in [2.05, 4.69) is 32.3 Å². The first-order valence-electron chi connectivity index (χ1n) is 8.31. The number of hydrogen-bond acceptors (Lipinski definition) is 6. The average Bonchev–Trinajstić information content (AvgIpc) is 2.60. The normalized spacial score (nSPS) is 16.4. The lowest BCUT2D eigenvalue weighted by Gasteiger charge is -2.30. The number of rotatable bonds is 5. The molecule has 6 heteroatoms. The van der Waals surface area contributed by atoms with E-state index >= 15 is 0 Å². The van der Waals surface area contributed by atoms with E-state index < -0.39 is 6.10 Å². The number of hydrogen-bond donors (Lipinski definition) is 3. The number of nitrogens with zero attached hydrogens (tertiary/aromatic N) is 3. The third-order valence-electron chi connectivity index (χ3n) is 4.37. The first-order valence-corrected chi connectivity index (χ1v) is 8.31. The van der Waals surface area contributed by atoms with E-state index in [1.807, 2.05) is 19.1 Å². The van der Waals surface area contributed by atoms with Crippen LogP contribution in [0.3, 0.4) is 0 Å². The summed E-state index contributed by atoms with van der Waals surface area (Å²) in [5, 5.41) is 22.0. The molecule has 0 bridgehead atoms. The van der Waals surface area contributed by atoms with Gasteiger partial charge in [-0.05, 0) is 37.0 Å². The third-order valence-corrected chi connectivity index (χ3v) is 4.37. The minimum Gasteiger partial charge on any atom is -0.394 e. The molecule has 24 heavy (non-hydrogen) atoms. The summed E-state index contributed by atoms with van der Waals surface area (Å²) < 4.78 is 0. The fourth-order valence-corrected chi connectivity index (χ4v) is 2.93. The van der Waals surface area contributed by atoms with Gasteiger partial charge in [-0.2, -0.15) is 0 Å². The lowest BCUT2D eigenvalue weighted by Crippen LogP contribution is -2.31. The van der Waals surface area contributed by atoms with Crippen LogP contribution in [-0.2, 0) is 13.0 Å². The Morgan fingerprint density at radius 3 is 2.79 bits per heavy atom. The Morgan fingerprint density at radius 2 is 2.04 bits per heavy atom. The molecule has 0 spiro atoms. The molecule has 0 fully saturated rings. The predicted octanol–water partition coefficient (Wildman–Crippen LogP) is 1.89. The van der Waals surface area contributed by atoms with E-state index in [-0.39, 0.29) is 12.6 Å². The van der Waals surface area contributed by atoms with Gasteiger partial charge >= 0.3 is 0 Å². The molecule has 0 saturated carbocycles. The molecule has 3 N–H and O–H groups in total. The van der Waals surface area contributed by atoms with Gasteiger partial charge in [0, 0.05) is 25.2 Å². The Bertz CT molecular complexity index is 705. The molecule has 0 aliphatic carbocycles. The van der Waals surface area contributed by atoms with Crippen molar-refractivity contribution in [3.8, 4) is 0 Å². The second kappa shape index (κ2) is 7.15. The second-order valence-corrected chi connectivity index (χ2v) is 6.37. The molecule has 2 aromatic rings. The van der Waals surface area contributed by atoms with Gasteiger partial charge in [0.2, 0.25) is 0 Å². The summed E-state index contributed by atoms with van der Waals surface area (Å²) in [7, 11) is 0. The molecule has 0 unspecified atom stereocenters. The van der Waals surface area contributed by atoms with Crippen LogP contribution in [-0.4, -0.2) is 39.4 Å². The Labute approximate surface area is 142 Å². The van der Waals surface area contributed by atoms with Gasteiger partial charge in [-0.3, -0.25) is 0 Å². The topological polar surface area (TPSA) is 81.5 Å². The second-order valence-electron chi connectivity index (χ2n) is 6.37. The summed E-state index contributed by atoms with van der Waals surface area (Å²) in [6.07, 6.45) is 2.04. The SMILES string of the molecule is C[C@H](CO)Nc1cc(N2CCc3cc([C@@H](C)O)ccc3C2)ncn1. The van der Waals surface area contributed by atoms with Gasteiger partial charge in [-0.15, -0.1) is 0 Å². The maximum Gasteiger partial charge on any atom is 0.134 e. The van der Waals surface area contributed by atoms with Crippen molar-refractivity contribution < 1.29 is 10.2 Å². The van der Waals surface area contributed by atoms with E-state index in [0.717, 1.165) is 36.7 Å². The number of nitrogens with one attached hydrogen (secondary N) is 1. The fraction of sp³-hybridized carbons (Fsp3) is 0.444. The standard InChI is InChI=1S/C18H24N4O2/c1-12(10-23)21-17-8-18(20-11-19-17)22-6-5-15-7-14(13(2)24)3-4-16(15)9-22/h3-4,7-8,11-13,23-24H,5-6,9-10H2,1-2H3,(H,19,20,21)/t12-,13-/m1/s1. The summed E-state index contributed by atoms with van der Waals surface area (Å²) in [5.41, 5.74) is 3.53. The number of aliphatic hydroxyl groups is 2. The molecule has 0 saturated heterocycles. The summed E-state index contributed by atoms with van der Waals surface area (Å²) in [4.78, 5) is 10.8. The van der Waals surface area contributed by atoms with Crippen LogP contribution in [0.15, 0.2) is 30.6 Å². The Kier molecular flexibility index (Phi) is 4.97. The maximum atomic E-state index is 9.73. The molecular formula is C18H24N4O2. The Morgan fingerprint density at radius 1 is 1.21 bits per heavy atom. The average molecular weight is 328 g/mol. The monoisotopic (exact) mass is 328 g/mol. The molecular weight excluding hydrogens is 304 g/mol. The van der Waals surface area contributed by atoms with Crippen LogP contribution < -0.4 is 10.2 Å². The fourth-order valence-electron chi connectivity index (χ4n) is 2.93. The van der Waals surface area contributed by atoms with Crippen LogP contribution in [0.1, 0.15) is 36.6 Å². The Balaban J connectivity index is 1.77. The zero-order valence-electron chi connectivity index (χ0n) is 14.1. The van der Waals surface area contributed by atoms with Crippen LogP contribution in [0.4, 0.5) is 11.6 Å². The highest BCUT2D eigenvalue weighted by molar-refractivity contribution is 5.51. The minimum atomic E-state index is -0.433. The largest absolute Gasteiger partial charge is 0.394 e. The predicted molar refractivity (Wildman–Crippen MR) is 94.0 cm³/mol. The van der Waals surface area contributed by atoms with Crippen molar-refractivity contribution in [2.24, 2.45) is 0 Å². The van der Waals surface area contributed by atoms with Crippen molar-refractivity contribution in [3.63, 3.8) is 0 Å². The van der Waals surface area contributed by atoms with Gasteiger partial charge in [0.25, 0.3) is 0 Å². The van der Waals surface area contributed by atoms with Crippen LogP contribution >= 0.6 is 0 Å². The molecule has 0 radical (unpaired) electrons.